The summed E-state index contributed by atoms with van der Waals surface area (Å²) in [6.45, 7) is 23.8. The number of aliphatic hydroxyl groups is 1. The van der Waals surface area contributed by atoms with Gasteiger partial charge in [0, 0.05) is 12.5 Å². The molecule has 0 saturated carbocycles. The molecule has 0 radical (unpaired) electrons. The molecule has 6 heteroatoms. The van der Waals surface area contributed by atoms with Gasteiger partial charge < -0.3 is 19.0 Å². The maximum Gasteiger partial charge on any atom is 0.192 e. The highest BCUT2D eigenvalue weighted by Gasteiger charge is 2.43. The first-order valence-corrected chi connectivity index (χ1v) is 17.2. The fraction of sp³-hybridized carbons (Fsp3) is 0.826. The second-order valence-corrected chi connectivity index (χ2v) is 20.7. The van der Waals surface area contributed by atoms with Crippen molar-refractivity contribution >= 4 is 16.4 Å². The zero-order valence-electron chi connectivity index (χ0n) is 20.6. The van der Waals surface area contributed by atoms with Crippen molar-refractivity contribution in [3.8, 4) is 11.5 Å². The molecule has 0 aromatic rings. The fourth-order valence-electron chi connectivity index (χ4n) is 2.97. The Bertz CT molecular complexity index is 618. The van der Waals surface area contributed by atoms with E-state index in [9.17, 15) is 5.11 Å². The van der Waals surface area contributed by atoms with Gasteiger partial charge in [-0.2, -0.15) is 0 Å². The van der Waals surface area contributed by atoms with Crippen molar-refractivity contribution in [3.05, 3.63) is 12.2 Å². The third-order valence-corrected chi connectivity index (χ3v) is 11.0. The van der Waals surface area contributed by atoms with E-state index < -0.39 is 34.4 Å². The van der Waals surface area contributed by atoms with Crippen LogP contribution in [0.5, 0.6) is 0 Å². The van der Waals surface area contributed by atoms with Gasteiger partial charge in [0.15, 0.2) is 14.1 Å². The van der Waals surface area contributed by atoms with Crippen LogP contribution in [-0.4, -0.2) is 51.7 Å². The van der Waals surface area contributed by atoms with Crippen molar-refractivity contribution in [2.45, 2.75) is 122 Å². The van der Waals surface area contributed by atoms with Gasteiger partial charge in [0.1, 0.15) is 26.4 Å². The first-order valence-electron chi connectivity index (χ1n) is 10.8. The number of ether oxygens (including phenoxy) is 2. The Morgan fingerprint density at radius 1 is 1.14 bits per heavy atom. The van der Waals surface area contributed by atoms with Crippen molar-refractivity contribution in [2.24, 2.45) is 0 Å². The molecule has 4 atom stereocenters. The van der Waals surface area contributed by atoms with Gasteiger partial charge in [-0.05, 0) is 45.3 Å². The molecule has 1 aliphatic heterocycles. The van der Waals surface area contributed by atoms with Gasteiger partial charge in [0.2, 0.25) is 0 Å². The molecule has 0 aromatic carbocycles. The first kappa shape index (κ1) is 26.6. The molecule has 0 aliphatic carbocycles. The summed E-state index contributed by atoms with van der Waals surface area (Å²) in [6, 6.07) is 0. The third kappa shape index (κ3) is 9.08. The number of hydrogen-bond donors (Lipinski definition) is 1. The van der Waals surface area contributed by atoms with Crippen LogP contribution in [0.15, 0.2) is 12.2 Å². The Morgan fingerprint density at radius 2 is 1.72 bits per heavy atom. The van der Waals surface area contributed by atoms with Crippen molar-refractivity contribution in [2.75, 3.05) is 0 Å². The van der Waals surface area contributed by atoms with Crippen LogP contribution < -0.4 is 0 Å². The predicted molar refractivity (Wildman–Crippen MR) is 127 cm³/mol. The van der Waals surface area contributed by atoms with Gasteiger partial charge in [-0.25, -0.2) is 0 Å². The average molecular weight is 441 g/mol. The fourth-order valence-corrected chi connectivity index (χ4v) is 5.06. The van der Waals surface area contributed by atoms with Crippen molar-refractivity contribution in [3.63, 3.8) is 0 Å². The molecule has 0 amide bonds. The summed E-state index contributed by atoms with van der Waals surface area (Å²) in [5, 5.41) is 10.9. The molecule has 0 spiro atoms. The Hall–Kier alpha value is -0.426. The van der Waals surface area contributed by atoms with Crippen LogP contribution in [0.4, 0.5) is 0 Å². The maximum atomic E-state index is 10.7. The molecule has 0 aromatic heterocycles. The molecule has 1 saturated heterocycles. The summed E-state index contributed by atoms with van der Waals surface area (Å²) in [5.74, 6) is 2.56. The van der Waals surface area contributed by atoms with Gasteiger partial charge in [0.25, 0.3) is 0 Å². The normalized spacial score (nSPS) is 25.0. The van der Waals surface area contributed by atoms with Gasteiger partial charge in [0.05, 0.1) is 0 Å². The number of aliphatic hydroxyl groups excluding tert-OH is 1. The summed E-state index contributed by atoms with van der Waals surface area (Å²) in [5.41, 5.74) is 3.37. The Kier molecular flexibility index (Phi) is 8.99. The highest BCUT2D eigenvalue weighted by Crippen LogP contribution is 2.37. The van der Waals surface area contributed by atoms with E-state index in [2.05, 4.69) is 71.9 Å². The quantitative estimate of drug-likeness (QED) is 0.323. The summed E-state index contributed by atoms with van der Waals surface area (Å²) in [6.07, 6.45) is 3.92. The SMILES string of the molecule is C[C@@H](C/C=C\[C@@H](O)[C@H]1OC(C)(C)O[C@H]1CC#C[Si](C)(C)C)O[Si](C)(C)C(C)(C)C. The van der Waals surface area contributed by atoms with Crippen molar-refractivity contribution < 1.29 is 19.0 Å². The zero-order valence-corrected chi connectivity index (χ0v) is 22.6. The lowest BCUT2D eigenvalue weighted by Gasteiger charge is -2.38. The van der Waals surface area contributed by atoms with Crippen molar-refractivity contribution in [1.29, 1.82) is 0 Å². The standard InChI is InChI=1S/C23H44O4Si2/c1-18(27-29(10,11)22(2,3)4)14-12-15-19(24)21-20(25-23(5,6)26-21)16-13-17-28(7,8)9/h12,15,18-21,24H,14,16H2,1-11H3/b15-12-/t18-,19+,20-,21+/m0/s1. The summed E-state index contributed by atoms with van der Waals surface area (Å²) >= 11 is 0. The molecule has 0 bridgehead atoms. The molecule has 1 rings (SSSR count). The average Bonchev–Trinajstić information content (AvgIpc) is 2.79. The molecule has 4 nitrogen and oxygen atoms in total. The highest BCUT2D eigenvalue weighted by molar-refractivity contribution is 6.83. The highest BCUT2D eigenvalue weighted by atomic mass is 28.4. The predicted octanol–water partition coefficient (Wildman–Crippen LogP) is 5.49. The zero-order chi connectivity index (χ0) is 22.7. The van der Waals surface area contributed by atoms with Crippen LogP contribution in [0.2, 0.25) is 37.8 Å². The molecule has 1 N–H and O–H groups in total. The topological polar surface area (TPSA) is 47.9 Å². The minimum atomic E-state index is -1.78. The van der Waals surface area contributed by atoms with E-state index in [-0.39, 0.29) is 17.2 Å². The summed E-state index contributed by atoms with van der Waals surface area (Å²) in [7, 11) is -3.21. The van der Waals surface area contributed by atoms with Gasteiger partial charge >= 0.3 is 0 Å². The molecule has 168 valence electrons. The first-order chi connectivity index (χ1) is 12.9. The minimum Gasteiger partial charge on any atom is -0.414 e. The monoisotopic (exact) mass is 440 g/mol. The number of rotatable bonds is 7. The molecular weight excluding hydrogens is 396 g/mol. The molecule has 0 unspecified atom stereocenters. The van der Waals surface area contributed by atoms with Crippen LogP contribution in [0.1, 0.15) is 54.4 Å². The van der Waals surface area contributed by atoms with E-state index in [4.69, 9.17) is 13.9 Å². The van der Waals surface area contributed by atoms with Gasteiger partial charge in [-0.15, -0.1) is 11.5 Å². The van der Waals surface area contributed by atoms with Gasteiger partial charge in [-0.3, -0.25) is 0 Å². The van der Waals surface area contributed by atoms with E-state index in [0.29, 0.717) is 6.42 Å². The van der Waals surface area contributed by atoms with Crippen LogP contribution in [0.25, 0.3) is 0 Å². The van der Waals surface area contributed by atoms with Crippen molar-refractivity contribution in [1.82, 2.24) is 0 Å². The molecule has 1 aliphatic rings. The second-order valence-electron chi connectivity index (χ2n) is 11.2. The third-order valence-electron chi connectivity index (χ3n) is 5.43. The Labute approximate surface area is 181 Å². The smallest absolute Gasteiger partial charge is 0.192 e. The Morgan fingerprint density at radius 3 is 2.24 bits per heavy atom. The Balaban J connectivity index is 2.69. The van der Waals surface area contributed by atoms with E-state index in [0.717, 1.165) is 6.42 Å². The van der Waals surface area contributed by atoms with Crippen LogP contribution >= 0.6 is 0 Å². The van der Waals surface area contributed by atoms with Crippen LogP contribution in [0, 0.1) is 11.5 Å². The second kappa shape index (κ2) is 9.80. The lowest BCUT2D eigenvalue weighted by Crippen LogP contribution is -2.43. The molecule has 1 heterocycles. The van der Waals surface area contributed by atoms with Crippen LogP contribution in [-0.2, 0) is 13.9 Å². The number of hydrogen-bond acceptors (Lipinski definition) is 4. The lowest BCUT2D eigenvalue weighted by molar-refractivity contribution is -0.152. The minimum absolute atomic E-state index is 0.120. The van der Waals surface area contributed by atoms with E-state index in [1.54, 1.807) is 0 Å². The lowest BCUT2D eigenvalue weighted by atomic mass is 10.0. The largest absolute Gasteiger partial charge is 0.414 e. The summed E-state index contributed by atoms with van der Waals surface area (Å²) in [4.78, 5) is 0. The maximum absolute atomic E-state index is 10.7. The molecule has 1 fully saturated rings. The van der Waals surface area contributed by atoms with E-state index >= 15 is 0 Å². The van der Waals surface area contributed by atoms with Crippen LogP contribution in [0.3, 0.4) is 0 Å². The van der Waals surface area contributed by atoms with E-state index in [1.807, 2.05) is 26.0 Å². The summed E-state index contributed by atoms with van der Waals surface area (Å²) < 4.78 is 18.4. The van der Waals surface area contributed by atoms with Gasteiger partial charge in [-0.1, -0.05) is 52.6 Å². The molecular formula is C23H44O4Si2. The van der Waals surface area contributed by atoms with E-state index in [1.165, 1.54) is 0 Å². The molecule has 29 heavy (non-hydrogen) atoms.